The predicted octanol–water partition coefficient (Wildman–Crippen LogP) is 3.28. The van der Waals surface area contributed by atoms with Crippen LogP contribution in [-0.2, 0) is 19.1 Å². The fraction of sp³-hybridized carbons (Fsp3) is 0.630. The Kier molecular flexibility index (Phi) is 10.8. The first-order valence-electron chi connectivity index (χ1n) is 13.0. The first kappa shape index (κ1) is 29.9. The molecule has 3 atom stereocenters. The number of aromatic hydroxyl groups is 1. The molecule has 5 N–H and O–H groups in total. The van der Waals surface area contributed by atoms with Crippen molar-refractivity contribution in [3.05, 3.63) is 29.8 Å². The van der Waals surface area contributed by atoms with Crippen molar-refractivity contribution in [1.29, 1.82) is 0 Å². The number of primary amides is 1. The summed E-state index contributed by atoms with van der Waals surface area (Å²) in [5, 5.41) is 15.7. The number of amides is 4. The molecule has 1 saturated carbocycles. The Bertz CT molecular complexity index is 954. The van der Waals surface area contributed by atoms with Gasteiger partial charge in [0.2, 0.25) is 17.7 Å². The average Bonchev–Trinajstić information content (AvgIpc) is 2.80. The maximum Gasteiger partial charge on any atom is 0.408 e. The third kappa shape index (κ3) is 9.26. The Labute approximate surface area is 219 Å². The van der Waals surface area contributed by atoms with Crippen LogP contribution in [0.4, 0.5) is 4.79 Å². The standard InChI is InChI=1S/C27H42N4O6/c1-6-17(2)31(25(35)21(16-22(28)33)30-26(36)37-27(3,4)5)23(18-11-10-14-20(32)15-18)24(34)29-19-12-8-7-9-13-19/h10-11,14-15,17,19,21,23,32H,6-9,12-13,16H2,1-5H3,(H2,28,33)(H,29,34)(H,30,36). The smallest absolute Gasteiger partial charge is 0.408 e. The lowest BCUT2D eigenvalue weighted by atomic mass is 9.94. The maximum absolute atomic E-state index is 14.0. The molecule has 206 valence electrons. The molecular weight excluding hydrogens is 476 g/mol. The Morgan fingerprint density at radius 3 is 2.35 bits per heavy atom. The molecule has 1 aliphatic carbocycles. The number of phenolic OH excluding ortho intramolecular Hbond substituents is 1. The first-order chi connectivity index (χ1) is 17.3. The molecule has 37 heavy (non-hydrogen) atoms. The number of alkyl carbamates (subject to hydrolysis) is 1. The van der Waals surface area contributed by atoms with Crippen LogP contribution >= 0.6 is 0 Å². The summed E-state index contributed by atoms with van der Waals surface area (Å²) >= 11 is 0. The van der Waals surface area contributed by atoms with E-state index in [-0.39, 0.29) is 17.7 Å². The molecule has 3 unspecified atom stereocenters. The minimum Gasteiger partial charge on any atom is -0.508 e. The topological polar surface area (TPSA) is 151 Å². The van der Waals surface area contributed by atoms with Gasteiger partial charge in [-0.3, -0.25) is 14.4 Å². The molecular formula is C27H42N4O6. The molecule has 1 fully saturated rings. The summed E-state index contributed by atoms with van der Waals surface area (Å²) in [4.78, 5) is 53.5. The molecule has 2 rings (SSSR count). The van der Waals surface area contributed by atoms with Crippen molar-refractivity contribution in [2.75, 3.05) is 0 Å². The fourth-order valence-electron chi connectivity index (χ4n) is 4.49. The molecule has 1 aromatic rings. The van der Waals surface area contributed by atoms with Crippen LogP contribution < -0.4 is 16.4 Å². The molecule has 10 nitrogen and oxygen atoms in total. The number of nitrogens with two attached hydrogens (primary N) is 1. The number of ether oxygens (including phenoxy) is 1. The predicted molar refractivity (Wildman–Crippen MR) is 139 cm³/mol. The highest BCUT2D eigenvalue weighted by atomic mass is 16.6. The maximum atomic E-state index is 14.0. The Morgan fingerprint density at radius 1 is 1.16 bits per heavy atom. The number of carbonyl (C=O) groups is 4. The molecule has 1 aromatic carbocycles. The monoisotopic (exact) mass is 518 g/mol. The van der Waals surface area contributed by atoms with Gasteiger partial charge in [-0.05, 0) is 64.7 Å². The fourth-order valence-corrected chi connectivity index (χ4v) is 4.49. The second-order valence-electron chi connectivity index (χ2n) is 10.7. The molecule has 0 spiro atoms. The number of carbonyl (C=O) groups excluding carboxylic acids is 4. The third-order valence-electron chi connectivity index (χ3n) is 6.38. The number of nitrogens with zero attached hydrogens (tertiary/aromatic N) is 1. The zero-order chi connectivity index (χ0) is 27.8. The normalized spacial score (nSPS) is 16.7. The highest BCUT2D eigenvalue weighted by molar-refractivity contribution is 5.94. The van der Waals surface area contributed by atoms with E-state index in [9.17, 15) is 24.3 Å². The molecule has 1 aliphatic rings. The van der Waals surface area contributed by atoms with E-state index in [0.29, 0.717) is 12.0 Å². The van der Waals surface area contributed by atoms with Crippen molar-refractivity contribution >= 4 is 23.8 Å². The van der Waals surface area contributed by atoms with Gasteiger partial charge in [0, 0.05) is 12.1 Å². The minimum atomic E-state index is -1.34. The lowest BCUT2D eigenvalue weighted by Gasteiger charge is -2.39. The number of rotatable bonds is 10. The van der Waals surface area contributed by atoms with Gasteiger partial charge in [-0.15, -0.1) is 0 Å². The van der Waals surface area contributed by atoms with Crippen LogP contribution in [0.2, 0.25) is 0 Å². The van der Waals surface area contributed by atoms with Crippen molar-refractivity contribution in [2.45, 2.75) is 109 Å². The van der Waals surface area contributed by atoms with Crippen LogP contribution in [0, 0.1) is 0 Å². The Hall–Kier alpha value is -3.30. The number of nitrogens with one attached hydrogen (secondary N) is 2. The zero-order valence-corrected chi connectivity index (χ0v) is 22.6. The molecule has 0 aromatic heterocycles. The summed E-state index contributed by atoms with van der Waals surface area (Å²) in [6, 6.07) is 3.27. The van der Waals surface area contributed by atoms with Gasteiger partial charge in [-0.25, -0.2) is 4.79 Å². The van der Waals surface area contributed by atoms with Gasteiger partial charge < -0.3 is 31.1 Å². The summed E-state index contributed by atoms with van der Waals surface area (Å²) in [6.45, 7) is 8.69. The highest BCUT2D eigenvalue weighted by Crippen LogP contribution is 2.29. The molecule has 10 heteroatoms. The quantitative estimate of drug-likeness (QED) is 0.373. The SMILES string of the molecule is CCC(C)N(C(=O)C(CC(N)=O)NC(=O)OC(C)(C)C)C(C(=O)NC1CCCCC1)c1cccc(O)c1. The van der Waals surface area contributed by atoms with E-state index in [2.05, 4.69) is 10.6 Å². The highest BCUT2D eigenvalue weighted by Gasteiger charge is 2.39. The largest absolute Gasteiger partial charge is 0.508 e. The third-order valence-corrected chi connectivity index (χ3v) is 6.38. The molecule has 0 radical (unpaired) electrons. The number of hydrogen-bond acceptors (Lipinski definition) is 6. The second-order valence-corrected chi connectivity index (χ2v) is 10.7. The van der Waals surface area contributed by atoms with Crippen LogP contribution in [0.3, 0.4) is 0 Å². The van der Waals surface area contributed by atoms with Crippen LogP contribution in [0.15, 0.2) is 24.3 Å². The average molecular weight is 519 g/mol. The Morgan fingerprint density at radius 2 is 1.81 bits per heavy atom. The number of phenols is 1. The van der Waals surface area contributed by atoms with Gasteiger partial charge in [-0.1, -0.05) is 38.3 Å². The van der Waals surface area contributed by atoms with Crippen molar-refractivity contribution in [1.82, 2.24) is 15.5 Å². The second kappa shape index (κ2) is 13.3. The van der Waals surface area contributed by atoms with E-state index in [0.717, 1.165) is 32.1 Å². The van der Waals surface area contributed by atoms with Crippen LogP contribution in [0.25, 0.3) is 0 Å². The lowest BCUT2D eigenvalue weighted by Crippen LogP contribution is -2.56. The summed E-state index contributed by atoms with van der Waals surface area (Å²) in [6.07, 6.45) is 3.98. The first-order valence-corrected chi connectivity index (χ1v) is 13.0. The summed E-state index contributed by atoms with van der Waals surface area (Å²) in [5.41, 5.74) is 5.00. The van der Waals surface area contributed by atoms with Gasteiger partial charge in [-0.2, -0.15) is 0 Å². The van der Waals surface area contributed by atoms with E-state index in [1.165, 1.54) is 17.0 Å². The van der Waals surface area contributed by atoms with Gasteiger partial charge in [0.15, 0.2) is 0 Å². The zero-order valence-electron chi connectivity index (χ0n) is 22.6. The summed E-state index contributed by atoms with van der Waals surface area (Å²) in [7, 11) is 0. The van der Waals surface area contributed by atoms with Crippen molar-refractivity contribution < 1.29 is 29.0 Å². The van der Waals surface area contributed by atoms with Crippen LogP contribution in [0.1, 0.15) is 91.2 Å². The van der Waals surface area contributed by atoms with Gasteiger partial charge in [0.25, 0.3) is 0 Å². The molecule has 0 saturated heterocycles. The molecule has 4 amide bonds. The number of hydrogen-bond donors (Lipinski definition) is 4. The number of benzene rings is 1. The van der Waals surface area contributed by atoms with E-state index in [4.69, 9.17) is 10.5 Å². The molecule has 0 aliphatic heterocycles. The van der Waals surface area contributed by atoms with Gasteiger partial charge in [0.1, 0.15) is 23.4 Å². The van der Waals surface area contributed by atoms with E-state index in [1.807, 2.05) is 6.92 Å². The Balaban J connectivity index is 2.49. The van der Waals surface area contributed by atoms with Crippen LogP contribution in [-0.4, -0.2) is 57.5 Å². The van der Waals surface area contributed by atoms with E-state index >= 15 is 0 Å². The van der Waals surface area contributed by atoms with Gasteiger partial charge >= 0.3 is 6.09 Å². The summed E-state index contributed by atoms with van der Waals surface area (Å²) < 4.78 is 5.29. The van der Waals surface area contributed by atoms with Crippen molar-refractivity contribution in [2.24, 2.45) is 5.73 Å². The van der Waals surface area contributed by atoms with Crippen LogP contribution in [0.5, 0.6) is 5.75 Å². The minimum absolute atomic E-state index is 0.0174. The molecule has 0 heterocycles. The van der Waals surface area contributed by atoms with E-state index < -0.39 is 48.1 Å². The van der Waals surface area contributed by atoms with Crippen molar-refractivity contribution in [3.8, 4) is 5.75 Å². The van der Waals surface area contributed by atoms with E-state index in [1.54, 1.807) is 39.8 Å². The summed E-state index contributed by atoms with van der Waals surface area (Å²) in [5.74, 6) is -1.88. The van der Waals surface area contributed by atoms with Crippen molar-refractivity contribution in [3.63, 3.8) is 0 Å². The molecule has 0 bridgehead atoms. The lowest BCUT2D eigenvalue weighted by molar-refractivity contribution is -0.146. The van der Waals surface area contributed by atoms with Gasteiger partial charge in [0.05, 0.1) is 6.42 Å².